The number of anilines is 1. The monoisotopic (exact) mass is 503 g/mol. The predicted octanol–water partition coefficient (Wildman–Crippen LogP) is 4.44. The van der Waals surface area contributed by atoms with Gasteiger partial charge in [-0.1, -0.05) is 43.0 Å². The highest BCUT2D eigenvalue weighted by molar-refractivity contribution is 7.89. The fourth-order valence-electron chi connectivity index (χ4n) is 4.65. The Bertz CT molecular complexity index is 1120. The van der Waals surface area contributed by atoms with Crippen molar-refractivity contribution in [3.05, 3.63) is 59.1 Å². The average Bonchev–Trinajstić information content (AvgIpc) is 2.85. The van der Waals surface area contributed by atoms with Crippen molar-refractivity contribution in [3.8, 4) is 0 Å². The third kappa shape index (κ3) is 5.79. The lowest BCUT2D eigenvalue weighted by Crippen LogP contribution is -2.41. The molecule has 1 aliphatic heterocycles. The van der Waals surface area contributed by atoms with E-state index in [1.165, 1.54) is 22.9 Å². The topological polar surface area (TPSA) is 95.6 Å². The van der Waals surface area contributed by atoms with E-state index in [1.807, 2.05) is 0 Å². The van der Waals surface area contributed by atoms with Gasteiger partial charge in [0.05, 0.1) is 16.1 Å². The molecule has 0 atom stereocenters. The molecule has 2 amide bonds. The molecule has 0 spiro atoms. The number of amides is 2. The minimum absolute atomic E-state index is 0.174. The van der Waals surface area contributed by atoms with Gasteiger partial charge in [0.2, 0.25) is 15.9 Å². The summed E-state index contributed by atoms with van der Waals surface area (Å²) in [6.45, 7) is 0.514. The molecule has 34 heavy (non-hydrogen) atoms. The Morgan fingerprint density at radius 3 is 2.21 bits per heavy atom. The van der Waals surface area contributed by atoms with Gasteiger partial charge in [-0.25, -0.2) is 8.42 Å². The highest BCUT2D eigenvalue weighted by atomic mass is 35.5. The fraction of sp³-hybridized carbons (Fsp3) is 0.440. The summed E-state index contributed by atoms with van der Waals surface area (Å²) in [5.41, 5.74) is 0.932. The maximum absolute atomic E-state index is 13.0. The lowest BCUT2D eigenvalue weighted by molar-refractivity contribution is -0.120. The molecule has 0 radical (unpaired) electrons. The highest BCUT2D eigenvalue weighted by Gasteiger charge is 2.32. The molecule has 1 aliphatic carbocycles. The van der Waals surface area contributed by atoms with Crippen molar-refractivity contribution in [1.29, 1.82) is 0 Å². The zero-order valence-corrected chi connectivity index (χ0v) is 20.6. The molecule has 1 heterocycles. The maximum atomic E-state index is 13.0. The van der Waals surface area contributed by atoms with Crippen molar-refractivity contribution in [2.75, 3.05) is 18.4 Å². The van der Waals surface area contributed by atoms with Gasteiger partial charge in [-0.3, -0.25) is 9.59 Å². The van der Waals surface area contributed by atoms with Crippen LogP contribution in [0.5, 0.6) is 0 Å². The second kappa shape index (κ2) is 10.9. The summed E-state index contributed by atoms with van der Waals surface area (Å²) in [4.78, 5) is 26.0. The lowest BCUT2D eigenvalue weighted by Gasteiger charge is -2.30. The molecule has 2 aromatic carbocycles. The van der Waals surface area contributed by atoms with Crippen molar-refractivity contribution in [1.82, 2.24) is 9.62 Å². The molecule has 4 rings (SSSR count). The molecule has 182 valence electrons. The van der Waals surface area contributed by atoms with Gasteiger partial charge in [0.15, 0.2) is 0 Å². The number of carbonyl (C=O) groups excluding carboxylic acids is 2. The second-order valence-electron chi connectivity index (χ2n) is 8.98. The van der Waals surface area contributed by atoms with Gasteiger partial charge in [0.1, 0.15) is 0 Å². The number of para-hydroxylation sites is 1. The molecule has 7 nitrogen and oxygen atoms in total. The standard InChI is InChI=1S/C25H30ClN3O4S/c26-19-10-12-21(13-11-19)34(32,33)29-16-14-18(15-17-29)24(30)28-23-9-5-4-8-22(23)25(31)27-20-6-2-1-3-7-20/h4-5,8-13,18,20H,1-3,6-7,14-17H2,(H,27,31)(H,28,30). The van der Waals surface area contributed by atoms with Crippen molar-refractivity contribution in [3.63, 3.8) is 0 Å². The minimum Gasteiger partial charge on any atom is -0.349 e. The number of halogens is 1. The fourth-order valence-corrected chi connectivity index (χ4v) is 6.24. The van der Waals surface area contributed by atoms with E-state index >= 15 is 0 Å². The van der Waals surface area contributed by atoms with Gasteiger partial charge in [0, 0.05) is 30.1 Å². The molecule has 0 aromatic heterocycles. The number of nitrogens with zero attached hydrogens (tertiary/aromatic N) is 1. The van der Waals surface area contributed by atoms with Crippen LogP contribution in [-0.4, -0.2) is 43.7 Å². The first-order chi connectivity index (χ1) is 16.3. The Hall–Kier alpha value is -2.42. The Balaban J connectivity index is 1.36. The molecule has 2 fully saturated rings. The molecule has 2 aliphatic rings. The number of rotatable bonds is 6. The maximum Gasteiger partial charge on any atom is 0.253 e. The quantitative estimate of drug-likeness (QED) is 0.609. The van der Waals surface area contributed by atoms with E-state index in [4.69, 9.17) is 11.6 Å². The molecular formula is C25H30ClN3O4S. The zero-order chi connectivity index (χ0) is 24.1. The lowest BCUT2D eigenvalue weighted by atomic mass is 9.95. The molecular weight excluding hydrogens is 474 g/mol. The van der Waals surface area contributed by atoms with E-state index in [1.54, 1.807) is 36.4 Å². The molecule has 1 saturated carbocycles. The number of benzene rings is 2. The first-order valence-electron chi connectivity index (χ1n) is 11.8. The molecule has 2 aromatic rings. The smallest absolute Gasteiger partial charge is 0.253 e. The van der Waals surface area contributed by atoms with Gasteiger partial charge < -0.3 is 10.6 Å². The Morgan fingerprint density at radius 2 is 1.53 bits per heavy atom. The molecule has 9 heteroatoms. The van der Waals surface area contributed by atoms with E-state index in [0.717, 1.165) is 25.7 Å². The van der Waals surface area contributed by atoms with Crippen LogP contribution in [-0.2, 0) is 14.8 Å². The van der Waals surface area contributed by atoms with Crippen molar-refractivity contribution in [2.45, 2.75) is 55.9 Å². The first-order valence-corrected chi connectivity index (χ1v) is 13.6. The van der Waals surface area contributed by atoms with Gasteiger partial charge in [0.25, 0.3) is 5.91 Å². The van der Waals surface area contributed by atoms with Crippen molar-refractivity contribution < 1.29 is 18.0 Å². The molecule has 2 N–H and O–H groups in total. The van der Waals surface area contributed by atoms with E-state index in [9.17, 15) is 18.0 Å². The van der Waals surface area contributed by atoms with Crippen molar-refractivity contribution in [2.24, 2.45) is 5.92 Å². The summed E-state index contributed by atoms with van der Waals surface area (Å²) in [5, 5.41) is 6.48. The van der Waals surface area contributed by atoms with E-state index < -0.39 is 10.0 Å². The number of sulfonamides is 1. The van der Waals surface area contributed by atoms with Crippen LogP contribution < -0.4 is 10.6 Å². The number of carbonyl (C=O) groups is 2. The van der Waals surface area contributed by atoms with Crippen LogP contribution >= 0.6 is 11.6 Å². The van der Waals surface area contributed by atoms with Gasteiger partial charge >= 0.3 is 0 Å². The van der Waals surface area contributed by atoms with Crippen LogP contribution in [0, 0.1) is 5.92 Å². The van der Waals surface area contributed by atoms with Crippen LogP contribution in [0.3, 0.4) is 0 Å². The summed E-state index contributed by atoms with van der Waals surface area (Å²) >= 11 is 5.87. The molecule has 0 unspecified atom stereocenters. The van der Waals surface area contributed by atoms with Gasteiger partial charge in [-0.05, 0) is 62.1 Å². The Kier molecular flexibility index (Phi) is 7.91. The van der Waals surface area contributed by atoms with Crippen LogP contribution in [0.1, 0.15) is 55.3 Å². The van der Waals surface area contributed by atoms with Crippen molar-refractivity contribution >= 4 is 39.1 Å². The van der Waals surface area contributed by atoms with E-state index in [0.29, 0.717) is 29.1 Å². The molecule has 1 saturated heterocycles. The second-order valence-corrected chi connectivity index (χ2v) is 11.3. The Labute approximate surface area is 205 Å². The predicted molar refractivity (Wildman–Crippen MR) is 132 cm³/mol. The summed E-state index contributed by atoms with van der Waals surface area (Å²) in [6.07, 6.45) is 6.24. The zero-order valence-electron chi connectivity index (χ0n) is 19.0. The summed E-state index contributed by atoms with van der Waals surface area (Å²) in [6, 6.07) is 13.3. The number of piperidine rings is 1. The van der Waals surface area contributed by atoms with Gasteiger partial charge in [-0.2, -0.15) is 4.31 Å². The number of hydrogen-bond donors (Lipinski definition) is 2. The summed E-state index contributed by atoms with van der Waals surface area (Å²) < 4.78 is 27.2. The number of nitrogens with one attached hydrogen (secondary N) is 2. The van der Waals surface area contributed by atoms with Crippen LogP contribution in [0.2, 0.25) is 5.02 Å². The SMILES string of the molecule is O=C(NC1CCCCC1)c1ccccc1NC(=O)C1CCN(S(=O)(=O)c2ccc(Cl)cc2)CC1. The Morgan fingerprint density at radius 1 is 0.882 bits per heavy atom. The first kappa shape index (κ1) is 24.7. The molecule has 0 bridgehead atoms. The van der Waals surface area contributed by atoms with Crippen LogP contribution in [0.25, 0.3) is 0 Å². The third-order valence-corrected chi connectivity index (χ3v) is 8.81. The average molecular weight is 504 g/mol. The normalized spacial score (nSPS) is 18.4. The third-order valence-electron chi connectivity index (χ3n) is 6.65. The van der Waals surface area contributed by atoms with Crippen LogP contribution in [0.15, 0.2) is 53.4 Å². The minimum atomic E-state index is -3.63. The van der Waals surface area contributed by atoms with Gasteiger partial charge in [-0.15, -0.1) is 0 Å². The van der Waals surface area contributed by atoms with Crippen LogP contribution in [0.4, 0.5) is 5.69 Å². The van der Waals surface area contributed by atoms with E-state index in [2.05, 4.69) is 10.6 Å². The highest BCUT2D eigenvalue weighted by Crippen LogP contribution is 2.26. The largest absolute Gasteiger partial charge is 0.349 e. The van der Waals surface area contributed by atoms with E-state index in [-0.39, 0.29) is 41.8 Å². The summed E-state index contributed by atoms with van der Waals surface area (Å²) in [5.74, 6) is -0.695. The number of hydrogen-bond acceptors (Lipinski definition) is 4. The summed E-state index contributed by atoms with van der Waals surface area (Å²) in [7, 11) is -3.63.